The molecule has 1 saturated heterocycles. The van der Waals surface area contributed by atoms with Crippen LogP contribution in [0.4, 0.5) is 0 Å². The van der Waals surface area contributed by atoms with Gasteiger partial charge in [-0.2, -0.15) is 0 Å². The first kappa shape index (κ1) is 28.3. The zero-order chi connectivity index (χ0) is 29.3. The summed E-state index contributed by atoms with van der Waals surface area (Å²) in [5, 5.41) is 0. The number of fused-ring (bicyclic) bond motifs is 7. The van der Waals surface area contributed by atoms with Gasteiger partial charge in [-0.1, -0.05) is 60.1 Å². The topological polar surface area (TPSA) is 78.9 Å². The second-order valence-electron chi connectivity index (χ2n) is 16.4. The van der Waals surface area contributed by atoms with Crippen molar-refractivity contribution in [3.8, 4) is 0 Å². The number of hydrogen-bond donors (Lipinski definition) is 0. The number of carbonyl (C=O) groups excluding carboxylic acids is 3. The van der Waals surface area contributed by atoms with E-state index in [1.165, 1.54) is 19.4 Å². The molecule has 2 bridgehead atoms. The number of esters is 3. The molecule has 1 heterocycles. The van der Waals surface area contributed by atoms with E-state index < -0.39 is 11.5 Å². The fourth-order valence-corrected chi connectivity index (χ4v) is 11.8. The average molecular weight is 555 g/mol. The molecule has 5 fully saturated rings. The van der Waals surface area contributed by atoms with Crippen molar-refractivity contribution in [1.82, 2.24) is 0 Å². The van der Waals surface area contributed by atoms with Crippen LogP contribution in [0.2, 0.25) is 0 Å². The first-order valence-electron chi connectivity index (χ1n) is 15.7. The van der Waals surface area contributed by atoms with Gasteiger partial charge < -0.3 is 14.2 Å². The molecule has 0 unspecified atom stereocenters. The SMILES string of the molecule is CC(=O)O[C@H]1CC[C@]2(C)[C@H]3CC=C4[C@H]5CC(C)(C)[C@@H]6C[C@]5(C(=O)O6)[C@H](OC(C)=O)C[C@@]4(C)[C@]3(C)CC[C@H]2C1(C)C. The Hall–Kier alpha value is -1.85. The molecule has 0 amide bonds. The van der Waals surface area contributed by atoms with Crippen LogP contribution in [-0.2, 0) is 28.6 Å². The maximum atomic E-state index is 13.8. The Kier molecular flexibility index (Phi) is 5.92. The monoisotopic (exact) mass is 554 g/mol. The standard InChI is InChI=1S/C34H50O6/c1-19(35)38-25-13-14-31(7)23(30(25,5)6)12-15-32(8)24(31)11-10-21-22-16-29(3,4)26-18-34(22,28(37)40-26)27(39-20(2)36)17-33(21,32)9/h10,22-27H,11-18H2,1-9H3/t22-,23+,24-,25+,26+,27-,31+,32-,33-,34-/m1/s1. The highest BCUT2D eigenvalue weighted by Crippen LogP contribution is 2.77. The van der Waals surface area contributed by atoms with Gasteiger partial charge in [-0.05, 0) is 73.0 Å². The van der Waals surface area contributed by atoms with Crippen LogP contribution in [0.25, 0.3) is 0 Å². The summed E-state index contributed by atoms with van der Waals surface area (Å²) in [6, 6.07) is 0. The Bertz CT molecular complexity index is 1180. The van der Waals surface area contributed by atoms with Gasteiger partial charge in [0, 0.05) is 37.0 Å². The van der Waals surface area contributed by atoms with Gasteiger partial charge in [0.1, 0.15) is 23.7 Å². The average Bonchev–Trinajstić information content (AvgIpc) is 3.14. The van der Waals surface area contributed by atoms with Crippen molar-refractivity contribution < 1.29 is 28.6 Å². The summed E-state index contributed by atoms with van der Waals surface area (Å²) in [6.45, 7) is 19.5. The Labute approximate surface area is 240 Å². The van der Waals surface area contributed by atoms with Gasteiger partial charge in [-0.3, -0.25) is 14.4 Å². The van der Waals surface area contributed by atoms with Gasteiger partial charge in [0.15, 0.2) is 0 Å². The van der Waals surface area contributed by atoms with Crippen LogP contribution in [-0.4, -0.2) is 36.2 Å². The van der Waals surface area contributed by atoms with E-state index in [0.717, 1.165) is 38.5 Å². The summed E-state index contributed by atoms with van der Waals surface area (Å²) < 4.78 is 18.1. The van der Waals surface area contributed by atoms with Crippen molar-refractivity contribution in [2.75, 3.05) is 0 Å². The molecule has 222 valence electrons. The van der Waals surface area contributed by atoms with E-state index in [-0.39, 0.29) is 63.1 Å². The number of ether oxygens (including phenoxy) is 3. The fourth-order valence-electron chi connectivity index (χ4n) is 11.8. The molecule has 6 nitrogen and oxygen atoms in total. The lowest BCUT2D eigenvalue weighted by molar-refractivity contribution is -0.221. The highest BCUT2D eigenvalue weighted by Gasteiger charge is 2.75. The van der Waals surface area contributed by atoms with E-state index in [2.05, 4.69) is 54.5 Å². The van der Waals surface area contributed by atoms with Crippen LogP contribution in [0, 0.1) is 50.2 Å². The molecule has 40 heavy (non-hydrogen) atoms. The predicted octanol–water partition coefficient (Wildman–Crippen LogP) is 6.80. The third-order valence-electron chi connectivity index (χ3n) is 14.0. The van der Waals surface area contributed by atoms with Gasteiger partial charge in [0.05, 0.1) is 0 Å². The van der Waals surface area contributed by atoms with Crippen LogP contribution in [0.1, 0.15) is 114 Å². The van der Waals surface area contributed by atoms with Crippen molar-refractivity contribution in [3.63, 3.8) is 0 Å². The van der Waals surface area contributed by atoms with Crippen molar-refractivity contribution in [2.45, 2.75) is 132 Å². The second-order valence-corrected chi connectivity index (χ2v) is 16.4. The van der Waals surface area contributed by atoms with Crippen LogP contribution in [0.3, 0.4) is 0 Å². The van der Waals surface area contributed by atoms with Gasteiger partial charge in [0.2, 0.25) is 0 Å². The summed E-state index contributed by atoms with van der Waals surface area (Å²) in [4.78, 5) is 38.3. The van der Waals surface area contributed by atoms with Crippen molar-refractivity contribution >= 4 is 17.9 Å². The van der Waals surface area contributed by atoms with E-state index >= 15 is 0 Å². The molecule has 0 aromatic rings. The minimum atomic E-state index is -0.772. The molecular formula is C34H50O6. The summed E-state index contributed by atoms with van der Waals surface area (Å²) >= 11 is 0. The Morgan fingerprint density at radius 1 is 0.850 bits per heavy atom. The van der Waals surface area contributed by atoms with Crippen LogP contribution in [0.5, 0.6) is 0 Å². The molecule has 0 radical (unpaired) electrons. The van der Waals surface area contributed by atoms with E-state index in [1.54, 1.807) is 0 Å². The molecular weight excluding hydrogens is 504 g/mol. The largest absolute Gasteiger partial charge is 0.462 e. The number of allylic oxidation sites excluding steroid dienone is 2. The second kappa shape index (κ2) is 8.37. The van der Waals surface area contributed by atoms with Crippen molar-refractivity contribution in [3.05, 3.63) is 11.6 Å². The van der Waals surface area contributed by atoms with Crippen LogP contribution in [0.15, 0.2) is 11.6 Å². The molecule has 4 saturated carbocycles. The molecule has 6 aliphatic rings. The number of rotatable bonds is 2. The highest BCUT2D eigenvalue weighted by molar-refractivity contribution is 5.83. The Morgan fingerprint density at radius 3 is 2.15 bits per heavy atom. The molecule has 10 atom stereocenters. The number of carbonyl (C=O) groups is 3. The minimum absolute atomic E-state index is 0.00378. The highest BCUT2D eigenvalue weighted by atomic mass is 16.6. The Morgan fingerprint density at radius 2 is 1.50 bits per heavy atom. The summed E-state index contributed by atoms with van der Waals surface area (Å²) in [5.41, 5.74) is 0.339. The van der Waals surface area contributed by atoms with Crippen LogP contribution < -0.4 is 0 Å². The third kappa shape index (κ3) is 3.37. The van der Waals surface area contributed by atoms with Gasteiger partial charge in [-0.15, -0.1) is 0 Å². The molecule has 0 N–H and O–H groups in total. The smallest absolute Gasteiger partial charge is 0.316 e. The van der Waals surface area contributed by atoms with Gasteiger partial charge in [0.25, 0.3) is 0 Å². The molecule has 6 rings (SSSR count). The van der Waals surface area contributed by atoms with E-state index in [1.807, 2.05) is 0 Å². The minimum Gasteiger partial charge on any atom is -0.462 e. The van der Waals surface area contributed by atoms with E-state index in [0.29, 0.717) is 24.7 Å². The van der Waals surface area contributed by atoms with Crippen molar-refractivity contribution in [2.24, 2.45) is 50.2 Å². The zero-order valence-corrected chi connectivity index (χ0v) is 26.1. The van der Waals surface area contributed by atoms with E-state index in [4.69, 9.17) is 14.2 Å². The van der Waals surface area contributed by atoms with Crippen molar-refractivity contribution in [1.29, 1.82) is 0 Å². The predicted molar refractivity (Wildman–Crippen MR) is 151 cm³/mol. The quantitative estimate of drug-likeness (QED) is 0.212. The zero-order valence-electron chi connectivity index (χ0n) is 26.1. The fraction of sp³-hybridized carbons (Fsp3) is 0.853. The van der Waals surface area contributed by atoms with Gasteiger partial charge in [-0.25, -0.2) is 0 Å². The molecule has 1 spiro atoms. The molecule has 1 aliphatic heterocycles. The third-order valence-corrected chi connectivity index (χ3v) is 14.0. The normalized spacial score (nSPS) is 49.7. The van der Waals surface area contributed by atoms with Crippen LogP contribution >= 0.6 is 0 Å². The molecule has 0 aromatic heterocycles. The lowest BCUT2D eigenvalue weighted by Gasteiger charge is -2.71. The van der Waals surface area contributed by atoms with E-state index in [9.17, 15) is 14.4 Å². The first-order chi connectivity index (χ1) is 18.4. The lowest BCUT2D eigenvalue weighted by atomic mass is 9.33. The first-order valence-corrected chi connectivity index (χ1v) is 15.7. The summed E-state index contributed by atoms with van der Waals surface area (Å²) in [5.74, 6) is 0.280. The maximum Gasteiger partial charge on any atom is 0.316 e. The summed E-state index contributed by atoms with van der Waals surface area (Å²) in [6.07, 6.45) is 9.15. The van der Waals surface area contributed by atoms with Gasteiger partial charge >= 0.3 is 17.9 Å². The maximum absolute atomic E-state index is 13.8. The Balaban J connectivity index is 1.45. The number of hydrogen-bond acceptors (Lipinski definition) is 6. The molecule has 6 heteroatoms. The lowest BCUT2D eigenvalue weighted by Crippen LogP contribution is -2.67. The summed E-state index contributed by atoms with van der Waals surface area (Å²) in [7, 11) is 0. The molecule has 5 aliphatic carbocycles. The molecule has 0 aromatic carbocycles.